The smallest absolute Gasteiger partial charge is 0.233 e. The number of nitrogens with zero attached hydrogens (tertiary/aromatic N) is 1. The molecule has 4 nitrogen and oxygen atoms in total. The minimum atomic E-state index is -0.849. The van der Waals surface area contributed by atoms with Gasteiger partial charge in [-0.3, -0.25) is 14.5 Å². The second kappa shape index (κ2) is 4.30. The third kappa shape index (κ3) is 1.92. The maximum Gasteiger partial charge on any atom is 0.233 e. The normalized spacial score (nSPS) is 42.8. The first-order valence-electron chi connectivity index (χ1n) is 7.88. The molecule has 0 radical (unpaired) electrons. The summed E-state index contributed by atoms with van der Waals surface area (Å²) in [7, 11) is 0. The van der Waals surface area contributed by atoms with E-state index in [1.165, 1.54) is 4.90 Å². The fraction of sp³-hybridized carbons (Fsp3) is 0.875. The van der Waals surface area contributed by atoms with Crippen LogP contribution in [0.1, 0.15) is 52.9 Å². The Labute approximate surface area is 120 Å². The maximum atomic E-state index is 12.3. The van der Waals surface area contributed by atoms with E-state index >= 15 is 0 Å². The van der Waals surface area contributed by atoms with Gasteiger partial charge in [-0.2, -0.15) is 0 Å². The van der Waals surface area contributed by atoms with Crippen LogP contribution in [-0.4, -0.2) is 34.0 Å². The van der Waals surface area contributed by atoms with Gasteiger partial charge in [-0.25, -0.2) is 0 Å². The molecule has 0 aromatic rings. The Morgan fingerprint density at radius 2 is 1.65 bits per heavy atom. The Balaban J connectivity index is 1.65. The molecule has 2 atom stereocenters. The number of β-amino-alcohol motifs (C(OH)–C–C–N with tert-alkyl or cyclic N) is 1. The van der Waals surface area contributed by atoms with Crippen LogP contribution in [0.4, 0.5) is 0 Å². The summed E-state index contributed by atoms with van der Waals surface area (Å²) in [6.07, 6.45) is 4.57. The highest BCUT2D eigenvalue weighted by molar-refractivity contribution is 6.10. The summed E-state index contributed by atoms with van der Waals surface area (Å²) in [6.45, 7) is 6.36. The van der Waals surface area contributed by atoms with Crippen LogP contribution in [0.25, 0.3) is 0 Å². The van der Waals surface area contributed by atoms with Crippen molar-refractivity contribution in [3.05, 3.63) is 0 Å². The van der Waals surface area contributed by atoms with E-state index in [1.807, 2.05) is 13.8 Å². The van der Waals surface area contributed by atoms with Crippen LogP contribution in [0.15, 0.2) is 0 Å². The molecule has 2 unspecified atom stereocenters. The lowest BCUT2D eigenvalue weighted by molar-refractivity contribution is -0.148. The van der Waals surface area contributed by atoms with Gasteiger partial charge in [0.15, 0.2) is 0 Å². The number of carbonyl (C=O) groups excluding carboxylic acids is 2. The Kier molecular flexibility index (Phi) is 3.02. The largest absolute Gasteiger partial charge is 0.388 e. The Bertz CT molecular complexity index is 425. The van der Waals surface area contributed by atoms with Gasteiger partial charge in [0.2, 0.25) is 11.8 Å². The molecule has 3 rings (SSSR count). The van der Waals surface area contributed by atoms with Gasteiger partial charge in [0, 0.05) is 0 Å². The van der Waals surface area contributed by atoms with Crippen molar-refractivity contribution in [3.8, 4) is 0 Å². The van der Waals surface area contributed by atoms with Crippen LogP contribution >= 0.6 is 0 Å². The molecule has 20 heavy (non-hydrogen) atoms. The molecule has 0 spiro atoms. The van der Waals surface area contributed by atoms with Crippen LogP contribution in [0.5, 0.6) is 0 Å². The van der Waals surface area contributed by atoms with E-state index in [0.717, 1.165) is 19.3 Å². The van der Waals surface area contributed by atoms with Crippen molar-refractivity contribution in [2.24, 2.45) is 23.2 Å². The highest BCUT2D eigenvalue weighted by atomic mass is 16.3. The average molecular weight is 279 g/mol. The van der Waals surface area contributed by atoms with Crippen molar-refractivity contribution in [1.82, 2.24) is 4.90 Å². The van der Waals surface area contributed by atoms with Crippen molar-refractivity contribution in [3.63, 3.8) is 0 Å². The maximum absolute atomic E-state index is 12.3. The molecule has 2 saturated carbocycles. The van der Waals surface area contributed by atoms with E-state index in [4.69, 9.17) is 0 Å². The highest BCUT2D eigenvalue weighted by Crippen LogP contribution is 2.63. The van der Waals surface area contributed by atoms with Crippen LogP contribution in [0.3, 0.4) is 0 Å². The lowest BCUT2D eigenvalue weighted by atomic mass is 9.77. The summed E-state index contributed by atoms with van der Waals surface area (Å²) in [5, 5.41) is 10.7. The first-order valence-corrected chi connectivity index (χ1v) is 7.88. The molecule has 4 heteroatoms. The predicted molar refractivity (Wildman–Crippen MR) is 74.7 cm³/mol. The van der Waals surface area contributed by atoms with Gasteiger partial charge in [0.25, 0.3) is 0 Å². The summed E-state index contributed by atoms with van der Waals surface area (Å²) < 4.78 is 0. The molecule has 1 heterocycles. The number of likely N-dealkylation sites (tertiary alicyclic amines) is 1. The molecule has 3 fully saturated rings. The number of aliphatic hydroxyl groups is 1. The average Bonchev–Trinajstić information content (AvgIpc) is 2.88. The van der Waals surface area contributed by atoms with Gasteiger partial charge >= 0.3 is 0 Å². The molecule has 112 valence electrons. The Morgan fingerprint density at radius 1 is 1.15 bits per heavy atom. The van der Waals surface area contributed by atoms with Crippen LogP contribution in [0.2, 0.25) is 0 Å². The second-order valence-electron chi connectivity index (χ2n) is 7.62. The number of carbonyl (C=O) groups is 2. The number of hydrogen-bond donors (Lipinski definition) is 1. The number of hydrogen-bond acceptors (Lipinski definition) is 3. The van der Waals surface area contributed by atoms with Gasteiger partial charge in [-0.1, -0.05) is 27.2 Å². The topological polar surface area (TPSA) is 57.6 Å². The van der Waals surface area contributed by atoms with E-state index in [9.17, 15) is 14.7 Å². The molecular weight excluding hydrogens is 254 g/mol. The predicted octanol–water partition coefficient (Wildman–Crippen LogP) is 1.96. The minimum Gasteiger partial charge on any atom is -0.388 e. The summed E-state index contributed by atoms with van der Waals surface area (Å²) in [6, 6.07) is 0. The molecule has 2 aliphatic carbocycles. The lowest BCUT2D eigenvalue weighted by Crippen LogP contribution is -2.49. The van der Waals surface area contributed by atoms with E-state index in [2.05, 4.69) is 6.92 Å². The molecule has 2 amide bonds. The molecule has 1 saturated heterocycles. The minimum absolute atomic E-state index is 0.0592. The number of imide groups is 1. The van der Waals surface area contributed by atoms with E-state index < -0.39 is 5.60 Å². The van der Waals surface area contributed by atoms with Gasteiger partial charge in [0.1, 0.15) is 0 Å². The van der Waals surface area contributed by atoms with Gasteiger partial charge in [-0.15, -0.1) is 0 Å². The van der Waals surface area contributed by atoms with Crippen molar-refractivity contribution < 1.29 is 14.7 Å². The summed E-state index contributed by atoms with van der Waals surface area (Å²) in [5.74, 6) is 0.302. The molecule has 0 aromatic heterocycles. The van der Waals surface area contributed by atoms with Gasteiger partial charge < -0.3 is 5.11 Å². The zero-order valence-corrected chi connectivity index (χ0v) is 12.7. The number of rotatable bonds is 3. The fourth-order valence-electron chi connectivity index (χ4n) is 4.24. The molecule has 1 aliphatic heterocycles. The van der Waals surface area contributed by atoms with Crippen LogP contribution < -0.4 is 0 Å². The molecule has 0 aromatic carbocycles. The fourth-order valence-corrected chi connectivity index (χ4v) is 4.24. The monoisotopic (exact) mass is 279 g/mol. The first kappa shape index (κ1) is 14.1. The van der Waals surface area contributed by atoms with Crippen LogP contribution in [0, 0.1) is 23.2 Å². The van der Waals surface area contributed by atoms with Crippen LogP contribution in [-0.2, 0) is 9.59 Å². The summed E-state index contributed by atoms with van der Waals surface area (Å²) >= 11 is 0. The molecule has 0 bridgehead atoms. The quantitative estimate of drug-likeness (QED) is 0.803. The van der Waals surface area contributed by atoms with Gasteiger partial charge in [-0.05, 0) is 37.0 Å². The Morgan fingerprint density at radius 3 is 2.10 bits per heavy atom. The SMILES string of the molecule is CCC1CCC(O)(CN2C(=O)C3C(C2=O)C3(C)C)CC1. The van der Waals surface area contributed by atoms with Crippen molar-refractivity contribution in [2.75, 3.05) is 6.54 Å². The summed E-state index contributed by atoms with van der Waals surface area (Å²) in [5.41, 5.74) is -1.01. The highest BCUT2D eigenvalue weighted by Gasteiger charge is 2.72. The zero-order valence-electron chi connectivity index (χ0n) is 12.7. The van der Waals surface area contributed by atoms with E-state index in [0.29, 0.717) is 18.8 Å². The third-order valence-corrected chi connectivity index (χ3v) is 5.96. The standard InChI is InChI=1S/C16H25NO3/c1-4-10-5-7-16(20,8-6-10)9-17-13(18)11-12(14(17)19)15(11,2)3/h10-12,20H,4-9H2,1-3H3. The lowest BCUT2D eigenvalue weighted by Gasteiger charge is -2.38. The number of fused-ring (bicyclic) bond motifs is 1. The first-order chi connectivity index (χ1) is 9.30. The second-order valence-corrected chi connectivity index (χ2v) is 7.62. The number of piperidine rings is 1. The van der Waals surface area contributed by atoms with Gasteiger partial charge in [0.05, 0.1) is 24.0 Å². The van der Waals surface area contributed by atoms with E-state index in [-0.39, 0.29) is 35.6 Å². The zero-order chi connectivity index (χ0) is 14.7. The molecular formula is C16H25NO3. The van der Waals surface area contributed by atoms with Crippen molar-refractivity contribution in [1.29, 1.82) is 0 Å². The van der Waals surface area contributed by atoms with Crippen molar-refractivity contribution >= 4 is 11.8 Å². The summed E-state index contributed by atoms with van der Waals surface area (Å²) in [4.78, 5) is 25.9. The molecule has 1 N–H and O–H groups in total. The Hall–Kier alpha value is -0.900. The number of amides is 2. The third-order valence-electron chi connectivity index (χ3n) is 5.96. The molecule has 3 aliphatic rings. The van der Waals surface area contributed by atoms with Crippen molar-refractivity contribution in [2.45, 2.75) is 58.5 Å². The van der Waals surface area contributed by atoms with E-state index in [1.54, 1.807) is 0 Å².